The van der Waals surface area contributed by atoms with Crippen LogP contribution in [0, 0.1) is 6.92 Å². The van der Waals surface area contributed by atoms with Gasteiger partial charge < -0.3 is 14.8 Å². The summed E-state index contributed by atoms with van der Waals surface area (Å²) in [4.78, 5) is 23.1. The van der Waals surface area contributed by atoms with Gasteiger partial charge in [0.05, 0.1) is 24.1 Å². The smallest absolute Gasteiger partial charge is 0.292 e. The molecule has 1 heterocycles. The van der Waals surface area contributed by atoms with Crippen LogP contribution in [0.25, 0.3) is 0 Å². The van der Waals surface area contributed by atoms with Crippen LogP contribution in [0.15, 0.2) is 29.2 Å². The monoisotopic (exact) mass is 424 g/mol. The van der Waals surface area contributed by atoms with Crippen molar-refractivity contribution in [3.8, 4) is 11.5 Å². The van der Waals surface area contributed by atoms with E-state index in [1.165, 1.54) is 32.4 Å². The number of carbonyl (C=O) groups excluding carboxylic acids is 2. The molecule has 1 aliphatic rings. The summed E-state index contributed by atoms with van der Waals surface area (Å²) < 4.78 is 38.7. The van der Waals surface area contributed by atoms with E-state index in [-0.39, 0.29) is 33.5 Å². The van der Waals surface area contributed by atoms with Gasteiger partial charge in [-0.2, -0.15) is 0 Å². The number of halogens is 1. The number of nitrogens with one attached hydrogen (secondary N) is 2. The lowest BCUT2D eigenvalue weighted by molar-refractivity contribution is -0.134. The molecule has 2 aromatic carbocycles. The molecule has 1 aliphatic heterocycles. The van der Waals surface area contributed by atoms with E-state index in [4.69, 9.17) is 21.1 Å². The van der Waals surface area contributed by atoms with E-state index in [0.717, 1.165) is 0 Å². The Hall–Kier alpha value is -2.78. The van der Waals surface area contributed by atoms with E-state index in [0.29, 0.717) is 16.9 Å². The van der Waals surface area contributed by atoms with E-state index in [2.05, 4.69) is 10.0 Å². The third kappa shape index (κ3) is 3.63. The number of carbonyl (C=O) groups is 2. The van der Waals surface area contributed by atoms with Crippen molar-refractivity contribution >= 4 is 44.7 Å². The minimum absolute atomic E-state index is 0.0568. The molecule has 0 atom stereocenters. The van der Waals surface area contributed by atoms with Crippen molar-refractivity contribution in [3.63, 3.8) is 0 Å². The third-order valence-corrected chi connectivity index (χ3v) is 6.05. The van der Waals surface area contributed by atoms with Gasteiger partial charge in [0, 0.05) is 24.2 Å². The molecule has 2 N–H and O–H groups in total. The lowest BCUT2D eigenvalue weighted by Gasteiger charge is -2.20. The summed E-state index contributed by atoms with van der Waals surface area (Å²) >= 11 is 6.19. The average Bonchev–Trinajstić information content (AvgIpc) is 2.63. The maximum Gasteiger partial charge on any atom is 0.292 e. The van der Waals surface area contributed by atoms with E-state index in [1.54, 1.807) is 13.0 Å². The van der Waals surface area contributed by atoms with E-state index in [1.807, 2.05) is 0 Å². The van der Waals surface area contributed by atoms with Gasteiger partial charge in [0.25, 0.3) is 15.9 Å². The second kappa shape index (κ2) is 7.33. The number of hydrogen-bond donors (Lipinski definition) is 2. The largest absolute Gasteiger partial charge is 0.497 e. The van der Waals surface area contributed by atoms with Crippen LogP contribution < -0.4 is 19.5 Å². The molecule has 0 saturated carbocycles. The van der Waals surface area contributed by atoms with Crippen LogP contribution in [0.4, 0.5) is 11.4 Å². The number of ketones is 1. The molecule has 3 rings (SSSR count). The number of Topliss-reactive ketones (excluding diaryl/α,β-unsaturated/α-hetero) is 1. The SMILES string of the molecule is COc1cc(Cl)c(NS(=O)(=O)c2cc3c(cc2C)CC(=O)C(=O)N3)c(OC)c1. The number of sulfonamides is 1. The number of aryl methyl sites for hydroxylation is 1. The molecule has 0 fully saturated rings. The zero-order chi connectivity index (χ0) is 20.6. The summed E-state index contributed by atoms with van der Waals surface area (Å²) in [6.07, 6.45) is -0.0755. The number of anilines is 2. The maximum absolute atomic E-state index is 13.0. The standard InChI is InChI=1S/C18H17ClN2O6S/c1-9-4-10-5-14(22)18(23)20-13(10)8-16(9)28(24,25)21-17-12(19)6-11(26-2)7-15(17)27-3/h4,6-8,21H,5H2,1-3H3,(H,20,23). The first-order chi connectivity index (χ1) is 13.2. The second-order valence-corrected chi connectivity index (χ2v) is 8.18. The highest BCUT2D eigenvalue weighted by atomic mass is 35.5. The van der Waals surface area contributed by atoms with Gasteiger partial charge in [-0.25, -0.2) is 8.42 Å². The Morgan fingerprint density at radius 3 is 2.46 bits per heavy atom. The quantitative estimate of drug-likeness (QED) is 0.713. The number of methoxy groups -OCH3 is 2. The first-order valence-corrected chi connectivity index (χ1v) is 9.94. The second-order valence-electron chi connectivity index (χ2n) is 6.12. The van der Waals surface area contributed by atoms with E-state index in [9.17, 15) is 18.0 Å². The molecule has 0 saturated heterocycles. The highest BCUT2D eigenvalue weighted by molar-refractivity contribution is 7.92. The number of rotatable bonds is 5. The first kappa shape index (κ1) is 20.0. The molecular weight excluding hydrogens is 408 g/mol. The Morgan fingerprint density at radius 2 is 1.82 bits per heavy atom. The molecule has 0 aliphatic carbocycles. The van der Waals surface area contributed by atoms with Gasteiger partial charge in [0.15, 0.2) is 0 Å². The van der Waals surface area contributed by atoms with Gasteiger partial charge in [0.2, 0.25) is 5.78 Å². The Balaban J connectivity index is 2.04. The van der Waals surface area contributed by atoms with Crippen molar-refractivity contribution in [1.82, 2.24) is 0 Å². The number of hydrogen-bond acceptors (Lipinski definition) is 6. The predicted molar refractivity (Wildman–Crippen MR) is 104 cm³/mol. The van der Waals surface area contributed by atoms with Crippen molar-refractivity contribution in [2.24, 2.45) is 0 Å². The highest BCUT2D eigenvalue weighted by Crippen LogP contribution is 2.39. The normalized spacial score (nSPS) is 13.6. The number of ether oxygens (including phenoxy) is 2. The fraction of sp³-hybridized carbons (Fsp3) is 0.222. The van der Waals surface area contributed by atoms with Crippen LogP contribution in [-0.4, -0.2) is 34.3 Å². The molecule has 0 radical (unpaired) electrons. The topological polar surface area (TPSA) is 111 Å². The first-order valence-electron chi connectivity index (χ1n) is 8.08. The Bertz CT molecular complexity index is 1100. The zero-order valence-electron chi connectivity index (χ0n) is 15.3. The predicted octanol–water partition coefficient (Wildman–Crippen LogP) is 2.53. The summed E-state index contributed by atoms with van der Waals surface area (Å²) in [5, 5.41) is 2.51. The van der Waals surface area contributed by atoms with E-state index >= 15 is 0 Å². The van der Waals surface area contributed by atoms with Crippen LogP contribution in [0.3, 0.4) is 0 Å². The van der Waals surface area contributed by atoms with Crippen LogP contribution >= 0.6 is 11.6 Å². The fourth-order valence-electron chi connectivity index (χ4n) is 2.87. The zero-order valence-corrected chi connectivity index (χ0v) is 16.8. The van der Waals surface area contributed by atoms with Crippen LogP contribution in [0.5, 0.6) is 11.5 Å². The lowest BCUT2D eigenvalue weighted by atomic mass is 10.00. The molecule has 10 heteroatoms. The molecule has 28 heavy (non-hydrogen) atoms. The summed E-state index contributed by atoms with van der Waals surface area (Å²) in [6, 6.07) is 5.83. The minimum atomic E-state index is -4.07. The third-order valence-electron chi connectivity index (χ3n) is 4.26. The average molecular weight is 425 g/mol. The van der Waals surface area contributed by atoms with Crippen molar-refractivity contribution in [2.45, 2.75) is 18.2 Å². The molecule has 0 bridgehead atoms. The Kier molecular flexibility index (Phi) is 5.22. The Morgan fingerprint density at radius 1 is 1.11 bits per heavy atom. The maximum atomic E-state index is 13.0. The molecule has 8 nitrogen and oxygen atoms in total. The summed E-state index contributed by atoms with van der Waals surface area (Å²) in [5.74, 6) is -0.757. The molecular formula is C18H17ClN2O6S. The van der Waals surface area contributed by atoms with Crippen LogP contribution in [0.1, 0.15) is 11.1 Å². The highest BCUT2D eigenvalue weighted by Gasteiger charge is 2.28. The summed E-state index contributed by atoms with van der Waals surface area (Å²) in [5.41, 5.74) is 1.31. The number of benzene rings is 2. The Labute approximate surface area is 166 Å². The molecule has 148 valence electrons. The van der Waals surface area contributed by atoms with E-state index < -0.39 is 21.7 Å². The minimum Gasteiger partial charge on any atom is -0.497 e. The number of fused-ring (bicyclic) bond motifs is 1. The van der Waals surface area contributed by atoms with Crippen molar-refractivity contribution < 1.29 is 27.5 Å². The fourth-order valence-corrected chi connectivity index (χ4v) is 4.52. The molecule has 2 aromatic rings. The van der Waals surface area contributed by atoms with Gasteiger partial charge in [0.1, 0.15) is 17.2 Å². The van der Waals surface area contributed by atoms with Crippen LogP contribution in [-0.2, 0) is 26.0 Å². The number of amides is 1. The van der Waals surface area contributed by atoms with Gasteiger partial charge in [-0.05, 0) is 24.1 Å². The molecule has 0 aromatic heterocycles. The lowest BCUT2D eigenvalue weighted by Crippen LogP contribution is -2.30. The summed E-state index contributed by atoms with van der Waals surface area (Å²) in [7, 11) is -1.25. The van der Waals surface area contributed by atoms with Crippen molar-refractivity contribution in [2.75, 3.05) is 24.3 Å². The van der Waals surface area contributed by atoms with Crippen molar-refractivity contribution in [1.29, 1.82) is 0 Å². The van der Waals surface area contributed by atoms with Crippen LogP contribution in [0.2, 0.25) is 5.02 Å². The van der Waals surface area contributed by atoms with Gasteiger partial charge >= 0.3 is 0 Å². The summed E-state index contributed by atoms with van der Waals surface area (Å²) in [6.45, 7) is 1.60. The van der Waals surface area contributed by atoms with Gasteiger partial charge in [-0.1, -0.05) is 17.7 Å². The molecule has 0 spiro atoms. The molecule has 0 unspecified atom stereocenters. The van der Waals surface area contributed by atoms with Gasteiger partial charge in [-0.3, -0.25) is 14.3 Å². The molecule has 1 amide bonds. The van der Waals surface area contributed by atoms with Crippen molar-refractivity contribution in [3.05, 3.63) is 40.4 Å². The van der Waals surface area contributed by atoms with Gasteiger partial charge in [-0.15, -0.1) is 0 Å².